The summed E-state index contributed by atoms with van der Waals surface area (Å²) in [6.07, 6.45) is 3.81. The summed E-state index contributed by atoms with van der Waals surface area (Å²) < 4.78 is 4.19. The first-order valence-electron chi connectivity index (χ1n) is 8.80. The van der Waals surface area contributed by atoms with Crippen LogP contribution in [0.25, 0.3) is 11.5 Å². The van der Waals surface area contributed by atoms with E-state index in [-0.39, 0.29) is 11.8 Å². The number of carbonyl (C=O) groups is 1. The van der Waals surface area contributed by atoms with Crippen LogP contribution in [0, 0.1) is 12.8 Å². The summed E-state index contributed by atoms with van der Waals surface area (Å²) in [7, 11) is 1.99. The van der Waals surface area contributed by atoms with Gasteiger partial charge >= 0.3 is 0 Å². The van der Waals surface area contributed by atoms with Crippen molar-refractivity contribution in [3.05, 3.63) is 23.1 Å². The van der Waals surface area contributed by atoms with Crippen molar-refractivity contribution in [3.8, 4) is 11.5 Å². The van der Waals surface area contributed by atoms with E-state index in [0.29, 0.717) is 6.54 Å². The molecule has 1 aliphatic rings. The monoisotopic (exact) mass is 329 g/mol. The van der Waals surface area contributed by atoms with Gasteiger partial charge in [-0.05, 0) is 13.3 Å². The molecule has 0 aliphatic carbocycles. The highest BCUT2D eigenvalue weighted by Gasteiger charge is 2.29. The molecule has 0 fully saturated rings. The Bertz CT molecular complexity index is 756. The van der Waals surface area contributed by atoms with Crippen LogP contribution in [0.2, 0.25) is 0 Å². The molecule has 0 aromatic carbocycles. The SMILES string of the molecule is CCCn1c(C)cnc1-c1nn(C)c2c1CN(C(=O)C(C)C)CC2. The molecule has 6 nitrogen and oxygen atoms in total. The lowest BCUT2D eigenvalue weighted by molar-refractivity contribution is -0.135. The number of rotatable bonds is 4. The van der Waals surface area contributed by atoms with Crippen LogP contribution in [0.5, 0.6) is 0 Å². The lowest BCUT2D eigenvalue weighted by Gasteiger charge is -2.29. The molecule has 0 saturated carbocycles. The number of hydrogen-bond acceptors (Lipinski definition) is 3. The van der Waals surface area contributed by atoms with Gasteiger partial charge in [0.15, 0.2) is 5.82 Å². The molecule has 0 unspecified atom stereocenters. The molecule has 0 saturated heterocycles. The number of carbonyl (C=O) groups excluding carboxylic acids is 1. The Balaban J connectivity index is 2.02. The molecule has 3 rings (SSSR count). The Labute approximate surface area is 143 Å². The van der Waals surface area contributed by atoms with Gasteiger partial charge in [-0.15, -0.1) is 0 Å². The van der Waals surface area contributed by atoms with E-state index in [2.05, 4.69) is 23.4 Å². The van der Waals surface area contributed by atoms with Crippen LogP contribution in [0.4, 0.5) is 0 Å². The third-order valence-corrected chi connectivity index (χ3v) is 4.76. The molecular weight excluding hydrogens is 302 g/mol. The molecule has 0 spiro atoms. The second-order valence-corrected chi connectivity index (χ2v) is 6.94. The predicted molar refractivity (Wildman–Crippen MR) is 93.4 cm³/mol. The first kappa shape index (κ1) is 16.7. The van der Waals surface area contributed by atoms with E-state index in [1.165, 1.54) is 5.69 Å². The van der Waals surface area contributed by atoms with Gasteiger partial charge < -0.3 is 9.47 Å². The quantitative estimate of drug-likeness (QED) is 0.866. The van der Waals surface area contributed by atoms with Gasteiger partial charge in [0, 0.05) is 62.2 Å². The second kappa shape index (κ2) is 6.42. The minimum absolute atomic E-state index is 0.0241. The molecule has 0 radical (unpaired) electrons. The Morgan fingerprint density at radius 1 is 1.38 bits per heavy atom. The normalized spacial score (nSPS) is 14.3. The van der Waals surface area contributed by atoms with E-state index < -0.39 is 0 Å². The van der Waals surface area contributed by atoms with Crippen LogP contribution in [0.3, 0.4) is 0 Å². The van der Waals surface area contributed by atoms with Crippen molar-refractivity contribution in [2.24, 2.45) is 13.0 Å². The zero-order valence-corrected chi connectivity index (χ0v) is 15.3. The van der Waals surface area contributed by atoms with Crippen molar-refractivity contribution in [1.82, 2.24) is 24.2 Å². The molecule has 130 valence electrons. The largest absolute Gasteiger partial charge is 0.338 e. The maximum Gasteiger partial charge on any atom is 0.225 e. The summed E-state index contributed by atoms with van der Waals surface area (Å²) in [6.45, 7) is 10.5. The number of hydrogen-bond donors (Lipinski definition) is 0. The fourth-order valence-corrected chi connectivity index (χ4v) is 3.48. The Morgan fingerprint density at radius 2 is 2.12 bits per heavy atom. The summed E-state index contributed by atoms with van der Waals surface area (Å²) >= 11 is 0. The van der Waals surface area contributed by atoms with Crippen molar-refractivity contribution < 1.29 is 4.79 Å². The average molecular weight is 329 g/mol. The van der Waals surface area contributed by atoms with E-state index in [0.717, 1.165) is 48.7 Å². The van der Waals surface area contributed by atoms with Crippen molar-refractivity contribution in [3.63, 3.8) is 0 Å². The standard InChI is InChI=1S/C18H27N5O/c1-6-8-23-13(4)10-19-17(23)16-14-11-22(18(24)12(2)3)9-7-15(14)21(5)20-16/h10,12H,6-9,11H2,1-5H3. The Hall–Kier alpha value is -2.11. The highest BCUT2D eigenvalue weighted by molar-refractivity contribution is 5.78. The van der Waals surface area contributed by atoms with Gasteiger partial charge in [0.05, 0.1) is 0 Å². The molecule has 0 bridgehead atoms. The summed E-state index contributed by atoms with van der Waals surface area (Å²) in [4.78, 5) is 19.0. The molecule has 0 N–H and O–H groups in total. The summed E-state index contributed by atoms with van der Waals surface area (Å²) in [5.41, 5.74) is 4.45. The number of aromatic nitrogens is 4. The topological polar surface area (TPSA) is 56.0 Å². The number of aryl methyl sites for hydroxylation is 2. The Kier molecular flexibility index (Phi) is 4.47. The first-order chi connectivity index (χ1) is 11.4. The van der Waals surface area contributed by atoms with Gasteiger partial charge in [-0.1, -0.05) is 20.8 Å². The third-order valence-electron chi connectivity index (χ3n) is 4.76. The molecule has 2 aromatic rings. The fraction of sp³-hybridized carbons (Fsp3) is 0.611. The smallest absolute Gasteiger partial charge is 0.225 e. The lowest BCUT2D eigenvalue weighted by atomic mass is 10.0. The van der Waals surface area contributed by atoms with E-state index in [9.17, 15) is 4.79 Å². The van der Waals surface area contributed by atoms with Crippen molar-refractivity contribution in [2.45, 2.75) is 53.6 Å². The van der Waals surface area contributed by atoms with Gasteiger partial charge in [-0.3, -0.25) is 9.48 Å². The van der Waals surface area contributed by atoms with Gasteiger partial charge in [0.25, 0.3) is 0 Å². The molecule has 1 amide bonds. The predicted octanol–water partition coefficient (Wildman–Crippen LogP) is 2.54. The zero-order chi connectivity index (χ0) is 17.4. The van der Waals surface area contributed by atoms with Gasteiger partial charge in [-0.2, -0.15) is 5.10 Å². The summed E-state index contributed by atoms with van der Waals surface area (Å²) in [6, 6.07) is 0. The maximum absolute atomic E-state index is 12.4. The highest BCUT2D eigenvalue weighted by atomic mass is 16.2. The number of imidazole rings is 1. The molecular formula is C18H27N5O. The summed E-state index contributed by atoms with van der Waals surface area (Å²) in [5, 5.41) is 4.75. The fourth-order valence-electron chi connectivity index (χ4n) is 3.48. The second-order valence-electron chi connectivity index (χ2n) is 6.94. The van der Waals surface area contributed by atoms with E-state index in [1.54, 1.807) is 0 Å². The van der Waals surface area contributed by atoms with Crippen LogP contribution in [0.1, 0.15) is 44.1 Å². The minimum Gasteiger partial charge on any atom is -0.338 e. The van der Waals surface area contributed by atoms with Crippen LogP contribution < -0.4 is 0 Å². The molecule has 3 heterocycles. The maximum atomic E-state index is 12.4. The van der Waals surface area contributed by atoms with Crippen LogP contribution in [-0.2, 0) is 31.4 Å². The third kappa shape index (κ3) is 2.74. The Morgan fingerprint density at radius 3 is 2.79 bits per heavy atom. The van der Waals surface area contributed by atoms with Crippen molar-refractivity contribution in [2.75, 3.05) is 6.54 Å². The molecule has 0 atom stereocenters. The van der Waals surface area contributed by atoms with Crippen molar-refractivity contribution in [1.29, 1.82) is 0 Å². The van der Waals surface area contributed by atoms with Gasteiger partial charge in [-0.25, -0.2) is 4.98 Å². The number of amides is 1. The van der Waals surface area contributed by atoms with Gasteiger partial charge in [0.2, 0.25) is 5.91 Å². The molecule has 2 aromatic heterocycles. The number of nitrogens with zero attached hydrogens (tertiary/aromatic N) is 5. The molecule has 6 heteroatoms. The zero-order valence-electron chi connectivity index (χ0n) is 15.3. The average Bonchev–Trinajstić information content (AvgIpc) is 3.08. The van der Waals surface area contributed by atoms with E-state index >= 15 is 0 Å². The van der Waals surface area contributed by atoms with Gasteiger partial charge in [0.1, 0.15) is 5.69 Å². The molecule has 24 heavy (non-hydrogen) atoms. The van der Waals surface area contributed by atoms with E-state index in [4.69, 9.17) is 5.10 Å². The minimum atomic E-state index is 0.0241. The summed E-state index contributed by atoms with van der Waals surface area (Å²) in [5.74, 6) is 1.16. The highest BCUT2D eigenvalue weighted by Crippen LogP contribution is 2.30. The van der Waals surface area contributed by atoms with Crippen molar-refractivity contribution >= 4 is 5.91 Å². The van der Waals surface area contributed by atoms with E-state index in [1.807, 2.05) is 36.7 Å². The van der Waals surface area contributed by atoms with Crippen LogP contribution >= 0.6 is 0 Å². The van der Waals surface area contributed by atoms with Crippen LogP contribution in [0.15, 0.2) is 6.20 Å². The lowest BCUT2D eigenvalue weighted by Crippen LogP contribution is -2.38. The molecule has 1 aliphatic heterocycles. The first-order valence-corrected chi connectivity index (χ1v) is 8.80. The number of fused-ring (bicyclic) bond motifs is 1. The van der Waals surface area contributed by atoms with Crippen LogP contribution in [-0.4, -0.2) is 36.7 Å².